The lowest BCUT2D eigenvalue weighted by Crippen LogP contribution is -2.33. The van der Waals surface area contributed by atoms with Crippen LogP contribution in [0.3, 0.4) is 0 Å². The Balaban J connectivity index is 2.67. The van der Waals surface area contributed by atoms with Crippen LogP contribution in [-0.2, 0) is 5.41 Å². The fourth-order valence-electron chi connectivity index (χ4n) is 1.30. The molecule has 5 nitrogen and oxygen atoms in total. The van der Waals surface area contributed by atoms with Gasteiger partial charge in [0, 0.05) is 24.1 Å². The molecule has 1 rings (SSSR count). The SMILES string of the molecule is C[C@H](CCO)NC(=O)c1cc(C(C)(C)C)on1. The molecule has 1 atom stereocenters. The second-order valence-electron chi connectivity index (χ2n) is 5.21. The molecule has 5 heteroatoms. The molecule has 96 valence electrons. The molecule has 0 aliphatic carbocycles. The van der Waals surface area contributed by atoms with E-state index >= 15 is 0 Å². The predicted molar refractivity (Wildman–Crippen MR) is 63.8 cm³/mol. The summed E-state index contributed by atoms with van der Waals surface area (Å²) in [7, 11) is 0. The van der Waals surface area contributed by atoms with Gasteiger partial charge in [-0.25, -0.2) is 0 Å². The zero-order valence-corrected chi connectivity index (χ0v) is 10.8. The number of nitrogens with one attached hydrogen (secondary N) is 1. The summed E-state index contributed by atoms with van der Waals surface area (Å²) < 4.78 is 5.13. The summed E-state index contributed by atoms with van der Waals surface area (Å²) in [6.45, 7) is 7.85. The second-order valence-corrected chi connectivity index (χ2v) is 5.21. The first kappa shape index (κ1) is 13.7. The van der Waals surface area contributed by atoms with Crippen LogP contribution in [0.1, 0.15) is 50.4 Å². The lowest BCUT2D eigenvalue weighted by molar-refractivity contribution is 0.0925. The van der Waals surface area contributed by atoms with E-state index in [1.54, 1.807) is 6.07 Å². The fourth-order valence-corrected chi connectivity index (χ4v) is 1.30. The van der Waals surface area contributed by atoms with Crippen LogP contribution < -0.4 is 5.32 Å². The van der Waals surface area contributed by atoms with Crippen molar-refractivity contribution in [1.82, 2.24) is 10.5 Å². The van der Waals surface area contributed by atoms with Crippen LogP contribution in [0.25, 0.3) is 0 Å². The van der Waals surface area contributed by atoms with E-state index in [2.05, 4.69) is 10.5 Å². The number of carbonyl (C=O) groups is 1. The molecule has 0 unspecified atom stereocenters. The average molecular weight is 240 g/mol. The van der Waals surface area contributed by atoms with Gasteiger partial charge in [0.2, 0.25) is 0 Å². The van der Waals surface area contributed by atoms with Crippen molar-refractivity contribution in [1.29, 1.82) is 0 Å². The van der Waals surface area contributed by atoms with Crippen molar-refractivity contribution in [3.05, 3.63) is 17.5 Å². The Morgan fingerprint density at radius 1 is 1.59 bits per heavy atom. The van der Waals surface area contributed by atoms with E-state index in [9.17, 15) is 4.79 Å². The van der Waals surface area contributed by atoms with Gasteiger partial charge in [0.25, 0.3) is 5.91 Å². The van der Waals surface area contributed by atoms with Gasteiger partial charge in [-0.05, 0) is 13.3 Å². The summed E-state index contributed by atoms with van der Waals surface area (Å²) in [5.41, 5.74) is 0.113. The quantitative estimate of drug-likeness (QED) is 0.835. The average Bonchev–Trinajstić information content (AvgIpc) is 2.65. The molecule has 0 fully saturated rings. The molecule has 1 aromatic heterocycles. The fraction of sp³-hybridized carbons (Fsp3) is 0.667. The smallest absolute Gasteiger partial charge is 0.273 e. The number of carbonyl (C=O) groups excluding carboxylic acids is 1. The second kappa shape index (κ2) is 5.31. The van der Waals surface area contributed by atoms with Crippen LogP contribution in [-0.4, -0.2) is 28.8 Å². The van der Waals surface area contributed by atoms with E-state index in [0.717, 1.165) is 0 Å². The van der Waals surface area contributed by atoms with Crippen LogP contribution in [0.2, 0.25) is 0 Å². The van der Waals surface area contributed by atoms with Gasteiger partial charge in [-0.2, -0.15) is 0 Å². The van der Waals surface area contributed by atoms with E-state index in [1.165, 1.54) is 0 Å². The highest BCUT2D eigenvalue weighted by Gasteiger charge is 2.22. The Kier molecular flexibility index (Phi) is 4.28. The Morgan fingerprint density at radius 3 is 2.71 bits per heavy atom. The first-order chi connectivity index (χ1) is 7.84. The predicted octanol–water partition coefficient (Wildman–Crippen LogP) is 1.47. The van der Waals surface area contributed by atoms with Crippen LogP contribution in [0.15, 0.2) is 10.6 Å². The molecule has 1 aromatic rings. The largest absolute Gasteiger partial charge is 0.396 e. The molecule has 0 spiro atoms. The Bertz CT molecular complexity index is 379. The third-order valence-corrected chi connectivity index (χ3v) is 2.42. The molecule has 0 radical (unpaired) electrons. The summed E-state index contributed by atoms with van der Waals surface area (Å²) in [6, 6.07) is 1.57. The van der Waals surface area contributed by atoms with E-state index in [4.69, 9.17) is 9.63 Å². The van der Waals surface area contributed by atoms with E-state index in [0.29, 0.717) is 12.2 Å². The van der Waals surface area contributed by atoms with Crippen LogP contribution in [0, 0.1) is 0 Å². The molecule has 1 heterocycles. The van der Waals surface area contributed by atoms with Gasteiger partial charge in [-0.1, -0.05) is 25.9 Å². The standard InChI is InChI=1S/C12H20N2O3/c1-8(5-6-15)13-11(16)9-7-10(17-14-9)12(2,3)4/h7-8,15H,5-6H2,1-4H3,(H,13,16)/t8-/m1/s1. The molecule has 2 N–H and O–H groups in total. The number of amides is 1. The Morgan fingerprint density at radius 2 is 2.24 bits per heavy atom. The van der Waals surface area contributed by atoms with Crippen molar-refractivity contribution in [3.63, 3.8) is 0 Å². The Hall–Kier alpha value is -1.36. The minimum Gasteiger partial charge on any atom is -0.396 e. The first-order valence-corrected chi connectivity index (χ1v) is 5.73. The van der Waals surface area contributed by atoms with Gasteiger partial charge in [-0.15, -0.1) is 0 Å². The molecule has 0 saturated carbocycles. The van der Waals surface area contributed by atoms with Crippen LogP contribution >= 0.6 is 0 Å². The minimum atomic E-state index is -0.273. The minimum absolute atomic E-state index is 0.0491. The van der Waals surface area contributed by atoms with Crippen molar-refractivity contribution in [2.75, 3.05) is 6.61 Å². The van der Waals surface area contributed by atoms with Gasteiger partial charge in [-0.3, -0.25) is 4.79 Å². The van der Waals surface area contributed by atoms with Gasteiger partial charge in [0.1, 0.15) is 5.76 Å². The maximum Gasteiger partial charge on any atom is 0.273 e. The van der Waals surface area contributed by atoms with Crippen molar-refractivity contribution in [2.24, 2.45) is 0 Å². The van der Waals surface area contributed by atoms with Gasteiger partial charge in [0.15, 0.2) is 5.69 Å². The summed E-state index contributed by atoms with van der Waals surface area (Å²) in [6.07, 6.45) is 0.524. The molecule has 1 amide bonds. The zero-order chi connectivity index (χ0) is 13.1. The number of aliphatic hydroxyl groups is 1. The highest BCUT2D eigenvalue weighted by atomic mass is 16.5. The molecule has 17 heavy (non-hydrogen) atoms. The lowest BCUT2D eigenvalue weighted by atomic mass is 9.93. The Labute approximate surface area is 101 Å². The van der Waals surface area contributed by atoms with Crippen LogP contribution in [0.5, 0.6) is 0 Å². The lowest BCUT2D eigenvalue weighted by Gasteiger charge is -2.12. The molecular formula is C12H20N2O3. The molecule has 0 aliphatic rings. The summed E-state index contributed by atoms with van der Waals surface area (Å²) in [5.74, 6) is 0.405. The highest BCUT2D eigenvalue weighted by molar-refractivity contribution is 5.92. The number of nitrogens with zero attached hydrogens (tertiary/aromatic N) is 1. The van der Waals surface area contributed by atoms with E-state index in [1.807, 2.05) is 27.7 Å². The third kappa shape index (κ3) is 3.85. The summed E-state index contributed by atoms with van der Waals surface area (Å²) >= 11 is 0. The molecule has 0 bridgehead atoms. The number of aromatic nitrogens is 1. The summed E-state index contributed by atoms with van der Waals surface area (Å²) in [4.78, 5) is 11.8. The first-order valence-electron chi connectivity index (χ1n) is 5.73. The van der Waals surface area contributed by atoms with Crippen molar-refractivity contribution >= 4 is 5.91 Å². The third-order valence-electron chi connectivity index (χ3n) is 2.42. The van der Waals surface area contributed by atoms with E-state index < -0.39 is 0 Å². The molecule has 0 aliphatic heterocycles. The van der Waals surface area contributed by atoms with Crippen molar-refractivity contribution < 1.29 is 14.4 Å². The normalized spacial score (nSPS) is 13.5. The topological polar surface area (TPSA) is 75.4 Å². The van der Waals surface area contributed by atoms with Gasteiger partial charge >= 0.3 is 0 Å². The maximum absolute atomic E-state index is 11.8. The number of hydrogen-bond donors (Lipinski definition) is 2. The monoisotopic (exact) mass is 240 g/mol. The molecule has 0 aromatic carbocycles. The van der Waals surface area contributed by atoms with Crippen molar-refractivity contribution in [2.45, 2.75) is 45.6 Å². The molecular weight excluding hydrogens is 220 g/mol. The number of aliphatic hydroxyl groups excluding tert-OH is 1. The number of rotatable bonds is 4. The zero-order valence-electron chi connectivity index (χ0n) is 10.8. The van der Waals surface area contributed by atoms with Gasteiger partial charge in [0.05, 0.1) is 0 Å². The van der Waals surface area contributed by atoms with Gasteiger partial charge < -0.3 is 14.9 Å². The highest BCUT2D eigenvalue weighted by Crippen LogP contribution is 2.22. The maximum atomic E-state index is 11.8. The van der Waals surface area contributed by atoms with Crippen LogP contribution in [0.4, 0.5) is 0 Å². The van der Waals surface area contributed by atoms with Crippen molar-refractivity contribution in [3.8, 4) is 0 Å². The summed E-state index contributed by atoms with van der Waals surface area (Å²) in [5, 5.41) is 15.2. The molecule has 0 saturated heterocycles. The number of hydrogen-bond acceptors (Lipinski definition) is 4. The van der Waals surface area contributed by atoms with E-state index in [-0.39, 0.29) is 29.7 Å².